The van der Waals surface area contributed by atoms with E-state index in [1.54, 1.807) is 0 Å². The lowest BCUT2D eigenvalue weighted by molar-refractivity contribution is 0.111. The number of rotatable bonds is 6. The van der Waals surface area contributed by atoms with Gasteiger partial charge in [-0.2, -0.15) is 0 Å². The van der Waals surface area contributed by atoms with Crippen LogP contribution in [0.1, 0.15) is 25.6 Å². The van der Waals surface area contributed by atoms with Gasteiger partial charge in [0, 0.05) is 37.6 Å². The maximum absolute atomic E-state index is 6.09. The third-order valence-electron chi connectivity index (χ3n) is 4.89. The van der Waals surface area contributed by atoms with Gasteiger partial charge in [0.2, 0.25) is 0 Å². The number of likely N-dealkylation sites (N-methyl/N-ethyl adjacent to an activating group) is 2. The molecule has 1 N–H and O–H groups in total. The largest absolute Gasteiger partial charge is 0.490 e. The number of hydrogen-bond acceptors (Lipinski definition) is 5. The van der Waals surface area contributed by atoms with Crippen molar-refractivity contribution in [1.82, 2.24) is 15.1 Å². The van der Waals surface area contributed by atoms with Crippen LogP contribution in [-0.4, -0.2) is 62.7 Å². The van der Waals surface area contributed by atoms with Gasteiger partial charge >= 0.3 is 0 Å². The summed E-state index contributed by atoms with van der Waals surface area (Å²) in [6, 6.07) is 8.87. The molecule has 5 nitrogen and oxygen atoms in total. The molecule has 0 saturated carbocycles. The molecule has 2 aromatic rings. The van der Waals surface area contributed by atoms with E-state index in [9.17, 15) is 0 Å². The second-order valence-corrected chi connectivity index (χ2v) is 6.78. The Morgan fingerprint density at radius 2 is 2.17 bits per heavy atom. The van der Waals surface area contributed by atoms with Crippen LogP contribution in [0.25, 0.3) is 11.0 Å². The quantitative estimate of drug-likeness (QED) is 0.881. The van der Waals surface area contributed by atoms with Gasteiger partial charge in [-0.25, -0.2) is 0 Å². The minimum absolute atomic E-state index is 0.174. The summed E-state index contributed by atoms with van der Waals surface area (Å²) in [6.07, 6.45) is 0. The number of nitrogens with zero attached hydrogens (tertiary/aromatic N) is 2. The molecular formula is C19H29N3O2. The number of hydrogen-bond donors (Lipinski definition) is 1. The van der Waals surface area contributed by atoms with E-state index in [4.69, 9.17) is 9.15 Å². The summed E-state index contributed by atoms with van der Waals surface area (Å²) in [6.45, 7) is 9.12. The summed E-state index contributed by atoms with van der Waals surface area (Å²) >= 11 is 0. The number of benzene rings is 1. The summed E-state index contributed by atoms with van der Waals surface area (Å²) in [5.74, 6) is 1.78. The lowest BCUT2D eigenvalue weighted by Gasteiger charge is -2.38. The van der Waals surface area contributed by atoms with Crippen molar-refractivity contribution in [2.75, 3.05) is 46.9 Å². The van der Waals surface area contributed by atoms with Crippen LogP contribution < -0.4 is 10.1 Å². The van der Waals surface area contributed by atoms with E-state index in [-0.39, 0.29) is 6.04 Å². The standard InChI is InChI=1S/C19H29N3O2/c1-5-23-17-8-6-7-15-11-18(24-19(15)17)14(2)20-12-16-13-21(3)9-10-22(16)4/h6-8,11,14,16,20H,5,9-10,12-13H2,1-4H3/t14-,16-/m0/s1. The molecule has 1 fully saturated rings. The molecule has 1 saturated heterocycles. The van der Waals surface area contributed by atoms with Crippen molar-refractivity contribution in [3.63, 3.8) is 0 Å². The predicted molar refractivity (Wildman–Crippen MR) is 97.7 cm³/mol. The van der Waals surface area contributed by atoms with Crippen molar-refractivity contribution in [2.24, 2.45) is 0 Å². The lowest BCUT2D eigenvalue weighted by Crippen LogP contribution is -2.53. The number of para-hydroxylation sites is 1. The van der Waals surface area contributed by atoms with E-state index in [1.807, 2.05) is 19.1 Å². The molecule has 0 bridgehead atoms. The molecule has 0 amide bonds. The first-order chi connectivity index (χ1) is 11.6. The molecule has 0 unspecified atom stereocenters. The van der Waals surface area contributed by atoms with Crippen LogP contribution in [0.3, 0.4) is 0 Å². The van der Waals surface area contributed by atoms with Crippen molar-refractivity contribution >= 4 is 11.0 Å². The van der Waals surface area contributed by atoms with E-state index >= 15 is 0 Å². The lowest BCUT2D eigenvalue weighted by atomic mass is 10.1. The molecule has 0 radical (unpaired) electrons. The number of piperazine rings is 1. The van der Waals surface area contributed by atoms with Crippen molar-refractivity contribution in [3.8, 4) is 5.75 Å². The first kappa shape index (κ1) is 17.3. The first-order valence-electron chi connectivity index (χ1n) is 8.86. The zero-order valence-corrected chi connectivity index (χ0v) is 15.2. The number of nitrogens with one attached hydrogen (secondary N) is 1. The van der Waals surface area contributed by atoms with Crippen molar-refractivity contribution in [2.45, 2.75) is 25.9 Å². The smallest absolute Gasteiger partial charge is 0.176 e. The van der Waals surface area contributed by atoms with E-state index < -0.39 is 0 Å². The van der Waals surface area contributed by atoms with Crippen LogP contribution in [0.5, 0.6) is 5.75 Å². The maximum Gasteiger partial charge on any atom is 0.176 e. The third-order valence-corrected chi connectivity index (χ3v) is 4.89. The highest BCUT2D eigenvalue weighted by Crippen LogP contribution is 2.31. The van der Waals surface area contributed by atoms with Gasteiger partial charge in [0.1, 0.15) is 5.76 Å². The summed E-state index contributed by atoms with van der Waals surface area (Å²) < 4.78 is 11.8. The van der Waals surface area contributed by atoms with Crippen LogP contribution in [0, 0.1) is 0 Å². The molecule has 5 heteroatoms. The van der Waals surface area contributed by atoms with E-state index in [0.717, 1.165) is 48.7 Å². The van der Waals surface area contributed by atoms with Crippen molar-refractivity contribution in [1.29, 1.82) is 0 Å². The number of ether oxygens (including phenoxy) is 1. The average molecular weight is 331 g/mol. The normalized spacial score (nSPS) is 21.2. The van der Waals surface area contributed by atoms with Crippen molar-refractivity contribution < 1.29 is 9.15 Å². The van der Waals surface area contributed by atoms with Gasteiger partial charge in [0.05, 0.1) is 12.6 Å². The second-order valence-electron chi connectivity index (χ2n) is 6.78. The summed E-state index contributed by atoms with van der Waals surface area (Å²) in [5, 5.41) is 4.73. The highest BCUT2D eigenvalue weighted by Gasteiger charge is 2.23. The Kier molecular flexibility index (Phi) is 5.43. The topological polar surface area (TPSA) is 40.9 Å². The summed E-state index contributed by atoms with van der Waals surface area (Å²) in [7, 11) is 4.40. The number of furan rings is 1. The molecule has 2 heterocycles. The number of fused-ring (bicyclic) bond motifs is 1. The molecule has 132 valence electrons. The molecule has 1 aliphatic rings. The van der Waals surface area contributed by atoms with Gasteiger partial charge in [-0.05, 0) is 40.1 Å². The van der Waals surface area contributed by atoms with Crippen LogP contribution in [0.2, 0.25) is 0 Å². The molecule has 0 spiro atoms. The highest BCUT2D eigenvalue weighted by molar-refractivity contribution is 5.83. The average Bonchev–Trinajstić information content (AvgIpc) is 3.01. The fourth-order valence-electron chi connectivity index (χ4n) is 3.27. The van der Waals surface area contributed by atoms with Gasteiger partial charge < -0.3 is 19.4 Å². The SMILES string of the molecule is CCOc1cccc2cc([C@H](C)NC[C@H]3CN(C)CCN3C)oc12. The Morgan fingerprint density at radius 3 is 2.96 bits per heavy atom. The molecule has 24 heavy (non-hydrogen) atoms. The Balaban J connectivity index is 1.67. The van der Waals surface area contributed by atoms with E-state index in [2.05, 4.69) is 48.3 Å². The fraction of sp³-hybridized carbons (Fsp3) is 0.579. The third kappa shape index (κ3) is 3.74. The molecule has 0 aliphatic carbocycles. The van der Waals surface area contributed by atoms with E-state index in [0.29, 0.717) is 12.6 Å². The fourth-order valence-corrected chi connectivity index (χ4v) is 3.27. The minimum Gasteiger partial charge on any atom is -0.490 e. The van der Waals surface area contributed by atoms with Crippen LogP contribution in [0.15, 0.2) is 28.7 Å². The Morgan fingerprint density at radius 1 is 1.33 bits per heavy atom. The zero-order chi connectivity index (χ0) is 17.1. The van der Waals surface area contributed by atoms with Crippen LogP contribution in [0.4, 0.5) is 0 Å². The minimum atomic E-state index is 0.174. The van der Waals surface area contributed by atoms with Crippen LogP contribution in [-0.2, 0) is 0 Å². The molecule has 2 atom stereocenters. The Hall–Kier alpha value is -1.56. The van der Waals surface area contributed by atoms with Gasteiger partial charge in [0.15, 0.2) is 11.3 Å². The summed E-state index contributed by atoms with van der Waals surface area (Å²) in [4.78, 5) is 4.83. The van der Waals surface area contributed by atoms with Crippen molar-refractivity contribution in [3.05, 3.63) is 30.0 Å². The molecule has 3 rings (SSSR count). The Bertz CT molecular complexity index is 670. The predicted octanol–water partition coefficient (Wildman–Crippen LogP) is 2.73. The van der Waals surface area contributed by atoms with Gasteiger partial charge in [0.25, 0.3) is 0 Å². The zero-order valence-electron chi connectivity index (χ0n) is 15.2. The van der Waals surface area contributed by atoms with Gasteiger partial charge in [-0.15, -0.1) is 0 Å². The molecule has 1 aliphatic heterocycles. The highest BCUT2D eigenvalue weighted by atomic mass is 16.5. The van der Waals surface area contributed by atoms with Gasteiger partial charge in [-0.1, -0.05) is 12.1 Å². The first-order valence-corrected chi connectivity index (χ1v) is 8.86. The Labute approximate surface area is 144 Å². The van der Waals surface area contributed by atoms with E-state index in [1.165, 1.54) is 0 Å². The van der Waals surface area contributed by atoms with Gasteiger partial charge in [-0.3, -0.25) is 4.90 Å². The molecule has 1 aromatic carbocycles. The molecule has 1 aromatic heterocycles. The van der Waals surface area contributed by atoms with Crippen LogP contribution >= 0.6 is 0 Å². The monoisotopic (exact) mass is 331 g/mol. The summed E-state index contributed by atoms with van der Waals surface area (Å²) in [5.41, 5.74) is 0.845. The maximum atomic E-state index is 6.09. The second kappa shape index (κ2) is 7.55. The molecular weight excluding hydrogens is 302 g/mol.